The Kier molecular flexibility index (Phi) is 4.57. The molecule has 1 aromatic carbocycles. The van der Waals surface area contributed by atoms with Gasteiger partial charge in [-0.1, -0.05) is 6.07 Å². The Labute approximate surface area is 93.6 Å². The second-order valence-electron chi connectivity index (χ2n) is 3.24. The average Bonchev–Trinajstić information content (AvgIpc) is 2.21. The molecule has 1 aromatic rings. The van der Waals surface area contributed by atoms with Gasteiger partial charge in [0.05, 0.1) is 6.61 Å². The van der Waals surface area contributed by atoms with Gasteiger partial charge in [0.25, 0.3) is 0 Å². The van der Waals surface area contributed by atoms with Gasteiger partial charge in [-0.25, -0.2) is 9.18 Å². The standard InChI is InChI=1S/C11H15FN2O2/c1-2-16-10-4-3-8(7-9(10)12)5-6-14-11(13)15/h3-4,7H,2,5-6H2,1H3,(H3,13,14,15). The molecule has 0 heterocycles. The summed E-state index contributed by atoms with van der Waals surface area (Å²) in [6, 6.07) is 4.16. The number of nitrogens with one attached hydrogen (secondary N) is 1. The number of halogens is 1. The molecule has 4 nitrogen and oxygen atoms in total. The molecule has 2 amide bonds. The zero-order valence-corrected chi connectivity index (χ0v) is 9.13. The molecule has 0 aliphatic rings. The van der Waals surface area contributed by atoms with Gasteiger partial charge >= 0.3 is 6.03 Å². The minimum Gasteiger partial charge on any atom is -0.491 e. The number of hydrogen-bond acceptors (Lipinski definition) is 2. The summed E-state index contributed by atoms with van der Waals surface area (Å²) in [5.74, 6) is -0.146. The third kappa shape index (κ3) is 3.76. The first-order valence-electron chi connectivity index (χ1n) is 5.08. The largest absolute Gasteiger partial charge is 0.491 e. The fourth-order valence-corrected chi connectivity index (χ4v) is 1.30. The molecule has 0 radical (unpaired) electrons. The number of benzene rings is 1. The van der Waals surface area contributed by atoms with Crippen LogP contribution in [-0.4, -0.2) is 19.2 Å². The molecule has 16 heavy (non-hydrogen) atoms. The van der Waals surface area contributed by atoms with E-state index in [1.54, 1.807) is 19.1 Å². The van der Waals surface area contributed by atoms with Crippen molar-refractivity contribution in [3.8, 4) is 5.75 Å². The van der Waals surface area contributed by atoms with Crippen LogP contribution in [0.3, 0.4) is 0 Å². The lowest BCUT2D eigenvalue weighted by Crippen LogP contribution is -2.30. The molecule has 0 bridgehead atoms. The maximum absolute atomic E-state index is 13.4. The van der Waals surface area contributed by atoms with Crippen LogP contribution in [0, 0.1) is 5.82 Å². The summed E-state index contributed by atoms with van der Waals surface area (Å²) in [5, 5.41) is 2.44. The van der Waals surface area contributed by atoms with Gasteiger partial charge in [-0.15, -0.1) is 0 Å². The molecule has 5 heteroatoms. The molecule has 0 fully saturated rings. The van der Waals surface area contributed by atoms with E-state index < -0.39 is 11.8 Å². The van der Waals surface area contributed by atoms with E-state index in [-0.39, 0.29) is 5.75 Å². The van der Waals surface area contributed by atoms with Crippen LogP contribution in [0.1, 0.15) is 12.5 Å². The van der Waals surface area contributed by atoms with Crippen LogP contribution in [0.4, 0.5) is 9.18 Å². The summed E-state index contributed by atoms with van der Waals surface area (Å²) < 4.78 is 18.5. The van der Waals surface area contributed by atoms with Crippen LogP contribution in [0.5, 0.6) is 5.75 Å². The van der Waals surface area contributed by atoms with E-state index in [4.69, 9.17) is 10.5 Å². The van der Waals surface area contributed by atoms with Crippen LogP contribution in [0.15, 0.2) is 18.2 Å². The number of nitrogens with two attached hydrogens (primary N) is 1. The van der Waals surface area contributed by atoms with Crippen LogP contribution in [0.2, 0.25) is 0 Å². The van der Waals surface area contributed by atoms with Crippen molar-refractivity contribution in [1.82, 2.24) is 5.32 Å². The molecule has 3 N–H and O–H groups in total. The first kappa shape index (κ1) is 12.3. The summed E-state index contributed by atoms with van der Waals surface area (Å²) >= 11 is 0. The van der Waals surface area contributed by atoms with E-state index in [1.165, 1.54) is 6.07 Å². The van der Waals surface area contributed by atoms with Gasteiger partial charge in [0.1, 0.15) is 0 Å². The Hall–Kier alpha value is -1.78. The summed E-state index contributed by atoms with van der Waals surface area (Å²) in [6.07, 6.45) is 0.534. The highest BCUT2D eigenvalue weighted by molar-refractivity contribution is 5.71. The molecule has 0 saturated carbocycles. The number of carbonyl (C=O) groups excluding carboxylic acids is 1. The number of ether oxygens (including phenoxy) is 1. The van der Waals surface area contributed by atoms with Gasteiger partial charge in [0.2, 0.25) is 0 Å². The van der Waals surface area contributed by atoms with Crippen molar-refractivity contribution in [2.45, 2.75) is 13.3 Å². The van der Waals surface area contributed by atoms with Gasteiger partial charge < -0.3 is 15.8 Å². The molecule has 0 atom stereocenters. The summed E-state index contributed by atoms with van der Waals surface area (Å²) in [4.78, 5) is 10.4. The van der Waals surface area contributed by atoms with Crippen LogP contribution in [-0.2, 0) is 6.42 Å². The number of urea groups is 1. The van der Waals surface area contributed by atoms with Gasteiger partial charge in [-0.05, 0) is 31.0 Å². The Bertz CT molecular complexity index is 369. The third-order valence-corrected chi connectivity index (χ3v) is 2.01. The van der Waals surface area contributed by atoms with Crippen molar-refractivity contribution in [3.63, 3.8) is 0 Å². The molecular formula is C11H15FN2O2. The molecule has 0 aromatic heterocycles. The van der Waals surface area contributed by atoms with Gasteiger partial charge in [0.15, 0.2) is 11.6 Å². The maximum Gasteiger partial charge on any atom is 0.312 e. The van der Waals surface area contributed by atoms with E-state index in [9.17, 15) is 9.18 Å². The minimum absolute atomic E-state index is 0.245. The van der Waals surface area contributed by atoms with Crippen molar-refractivity contribution < 1.29 is 13.9 Å². The number of primary amides is 1. The van der Waals surface area contributed by atoms with Gasteiger partial charge in [0, 0.05) is 6.54 Å². The van der Waals surface area contributed by atoms with Crippen LogP contribution >= 0.6 is 0 Å². The zero-order valence-electron chi connectivity index (χ0n) is 9.13. The lowest BCUT2D eigenvalue weighted by Gasteiger charge is -2.07. The van der Waals surface area contributed by atoms with Crippen LogP contribution < -0.4 is 15.8 Å². The van der Waals surface area contributed by atoms with Gasteiger partial charge in [-0.3, -0.25) is 0 Å². The zero-order chi connectivity index (χ0) is 12.0. The molecule has 0 saturated heterocycles. The quantitative estimate of drug-likeness (QED) is 0.797. The lowest BCUT2D eigenvalue weighted by atomic mass is 10.1. The molecule has 1 rings (SSSR count). The molecule has 88 valence electrons. The SMILES string of the molecule is CCOc1ccc(CCNC(N)=O)cc1F. The van der Waals surface area contributed by atoms with E-state index >= 15 is 0 Å². The second kappa shape index (κ2) is 5.95. The van der Waals surface area contributed by atoms with E-state index in [2.05, 4.69) is 5.32 Å². The molecule has 0 spiro atoms. The molecule has 0 aliphatic carbocycles. The Morgan fingerprint density at radius 1 is 1.56 bits per heavy atom. The number of amides is 2. The predicted octanol–water partition coefficient (Wildman–Crippen LogP) is 1.44. The van der Waals surface area contributed by atoms with Crippen molar-refractivity contribution in [2.75, 3.05) is 13.2 Å². The van der Waals surface area contributed by atoms with E-state index in [0.717, 1.165) is 5.56 Å². The highest BCUT2D eigenvalue weighted by atomic mass is 19.1. The third-order valence-electron chi connectivity index (χ3n) is 2.01. The summed E-state index contributed by atoms with van der Waals surface area (Å²) in [7, 11) is 0. The normalized spacial score (nSPS) is 9.88. The lowest BCUT2D eigenvalue weighted by molar-refractivity contribution is 0.249. The Morgan fingerprint density at radius 2 is 2.31 bits per heavy atom. The van der Waals surface area contributed by atoms with Crippen molar-refractivity contribution in [3.05, 3.63) is 29.6 Å². The smallest absolute Gasteiger partial charge is 0.312 e. The predicted molar refractivity (Wildman–Crippen MR) is 58.9 cm³/mol. The average molecular weight is 226 g/mol. The number of carbonyl (C=O) groups is 1. The maximum atomic E-state index is 13.4. The molecular weight excluding hydrogens is 211 g/mol. The van der Waals surface area contributed by atoms with Crippen molar-refractivity contribution in [1.29, 1.82) is 0 Å². The van der Waals surface area contributed by atoms with Crippen LogP contribution in [0.25, 0.3) is 0 Å². The fraction of sp³-hybridized carbons (Fsp3) is 0.364. The Balaban J connectivity index is 2.55. The topological polar surface area (TPSA) is 64.3 Å². The fourth-order valence-electron chi connectivity index (χ4n) is 1.30. The molecule has 0 unspecified atom stereocenters. The highest BCUT2D eigenvalue weighted by Crippen LogP contribution is 2.18. The monoisotopic (exact) mass is 226 g/mol. The first-order valence-corrected chi connectivity index (χ1v) is 5.08. The highest BCUT2D eigenvalue weighted by Gasteiger charge is 2.04. The van der Waals surface area contributed by atoms with Gasteiger partial charge in [-0.2, -0.15) is 0 Å². The minimum atomic E-state index is -0.577. The molecule has 0 aliphatic heterocycles. The van der Waals surface area contributed by atoms with E-state index in [1.807, 2.05) is 0 Å². The second-order valence-corrected chi connectivity index (χ2v) is 3.24. The first-order chi connectivity index (χ1) is 7.63. The van der Waals surface area contributed by atoms with Crippen molar-refractivity contribution >= 4 is 6.03 Å². The van der Waals surface area contributed by atoms with Crippen molar-refractivity contribution in [2.24, 2.45) is 5.73 Å². The Morgan fingerprint density at radius 3 is 2.88 bits per heavy atom. The number of rotatable bonds is 5. The number of hydrogen-bond donors (Lipinski definition) is 2. The summed E-state index contributed by atoms with van der Waals surface area (Å²) in [5.41, 5.74) is 5.69. The van der Waals surface area contributed by atoms with E-state index in [0.29, 0.717) is 19.6 Å². The summed E-state index contributed by atoms with van der Waals surface area (Å²) in [6.45, 7) is 2.62.